The Labute approximate surface area is 234 Å². The summed E-state index contributed by atoms with van der Waals surface area (Å²) in [4.78, 5) is 24.4. The third-order valence-electron chi connectivity index (χ3n) is 6.94. The van der Waals surface area contributed by atoms with Gasteiger partial charge in [0.05, 0.1) is 38.1 Å². The number of aliphatic hydroxyl groups excluding tert-OH is 1. The molecule has 0 saturated carbocycles. The van der Waals surface area contributed by atoms with Crippen LogP contribution >= 0.6 is 0 Å². The quantitative estimate of drug-likeness (QED) is 0.380. The van der Waals surface area contributed by atoms with Gasteiger partial charge >= 0.3 is 12.1 Å². The number of alkyl carbamates (subject to hydrolysis) is 1. The SMILES string of the molecule is CC(C)(C)OC(=O)N[C@@H](CC1(CO)C[C@H]2OC[C@@H](OCc3ccccc3)[C@@H](OCc3ccccc3)[C@H]2O1)C(=O)O. The van der Waals surface area contributed by atoms with Gasteiger partial charge in [0, 0.05) is 12.8 Å². The molecule has 0 aromatic heterocycles. The zero-order valence-corrected chi connectivity index (χ0v) is 23.2. The van der Waals surface area contributed by atoms with E-state index in [1.807, 2.05) is 60.7 Å². The highest BCUT2D eigenvalue weighted by Crippen LogP contribution is 2.41. The maximum absolute atomic E-state index is 12.3. The molecule has 0 aliphatic carbocycles. The summed E-state index contributed by atoms with van der Waals surface area (Å²) in [6, 6.07) is 18.1. The van der Waals surface area contributed by atoms with Gasteiger partial charge in [0.1, 0.15) is 30.0 Å². The van der Waals surface area contributed by atoms with Gasteiger partial charge in [-0.15, -0.1) is 0 Å². The second-order valence-corrected chi connectivity index (χ2v) is 11.3. The number of carboxylic acid groups (broad SMARTS) is 1. The van der Waals surface area contributed by atoms with Crippen molar-refractivity contribution in [2.45, 2.75) is 88.5 Å². The second kappa shape index (κ2) is 13.1. The minimum Gasteiger partial charge on any atom is -0.480 e. The number of benzene rings is 2. The van der Waals surface area contributed by atoms with E-state index in [1.165, 1.54) is 0 Å². The minimum atomic E-state index is -1.35. The number of hydrogen-bond acceptors (Lipinski definition) is 8. The van der Waals surface area contributed by atoms with Crippen molar-refractivity contribution in [3.8, 4) is 0 Å². The normalized spacial score (nSPS) is 27.0. The van der Waals surface area contributed by atoms with Crippen molar-refractivity contribution >= 4 is 12.1 Å². The molecule has 10 nitrogen and oxygen atoms in total. The Balaban J connectivity index is 1.50. The summed E-state index contributed by atoms with van der Waals surface area (Å²) in [6.07, 6.45) is -2.91. The predicted octanol–water partition coefficient (Wildman–Crippen LogP) is 3.44. The Morgan fingerprint density at radius 2 is 1.62 bits per heavy atom. The summed E-state index contributed by atoms with van der Waals surface area (Å²) in [6.45, 7) is 5.50. The van der Waals surface area contributed by atoms with E-state index >= 15 is 0 Å². The van der Waals surface area contributed by atoms with E-state index in [4.69, 9.17) is 23.7 Å². The summed E-state index contributed by atoms with van der Waals surface area (Å²) in [5.41, 5.74) is -0.102. The van der Waals surface area contributed by atoms with E-state index in [0.29, 0.717) is 13.2 Å². The predicted molar refractivity (Wildman–Crippen MR) is 144 cm³/mol. The van der Waals surface area contributed by atoms with Crippen LogP contribution in [0.3, 0.4) is 0 Å². The average Bonchev–Trinajstić information content (AvgIpc) is 3.29. The molecule has 2 aromatic carbocycles. The Morgan fingerprint density at radius 1 is 1.02 bits per heavy atom. The Bertz CT molecular complexity index is 1110. The molecule has 0 radical (unpaired) electrons. The minimum absolute atomic E-state index is 0.185. The first-order valence-corrected chi connectivity index (χ1v) is 13.5. The molecule has 1 unspecified atom stereocenters. The lowest BCUT2D eigenvalue weighted by Gasteiger charge is -2.39. The zero-order valence-electron chi connectivity index (χ0n) is 23.2. The molecular weight excluding hydrogens is 518 g/mol. The number of carbonyl (C=O) groups is 2. The molecule has 2 aliphatic heterocycles. The fourth-order valence-corrected chi connectivity index (χ4v) is 5.06. The third-order valence-corrected chi connectivity index (χ3v) is 6.94. The highest BCUT2D eigenvalue weighted by molar-refractivity contribution is 5.80. The topological polar surface area (TPSA) is 133 Å². The van der Waals surface area contributed by atoms with E-state index in [-0.39, 0.29) is 19.4 Å². The molecule has 10 heteroatoms. The summed E-state index contributed by atoms with van der Waals surface area (Å²) in [5.74, 6) is -1.26. The first kappa shape index (κ1) is 30.0. The standard InChI is InChI=1S/C30H39NO9/c1-29(2,3)40-28(35)31-22(27(33)34)14-30(19-32)15-23-26(39-30)25(38-17-21-12-8-5-9-13-21)24(18-37-23)36-16-20-10-6-4-7-11-20/h4-13,22-26,32H,14-19H2,1-3H3,(H,31,35)(H,33,34)/t22-,23+,24+,25+,26-,30?/m0/s1. The maximum atomic E-state index is 12.3. The summed E-state index contributed by atoms with van der Waals surface area (Å²) in [7, 11) is 0. The van der Waals surface area contributed by atoms with Crippen molar-refractivity contribution in [3.63, 3.8) is 0 Å². The maximum Gasteiger partial charge on any atom is 0.408 e. The highest BCUT2D eigenvalue weighted by Gasteiger charge is 2.55. The van der Waals surface area contributed by atoms with Gasteiger partial charge in [0.25, 0.3) is 0 Å². The van der Waals surface area contributed by atoms with E-state index in [1.54, 1.807) is 20.8 Å². The van der Waals surface area contributed by atoms with Crippen LogP contribution in [0.15, 0.2) is 60.7 Å². The van der Waals surface area contributed by atoms with Crippen molar-refractivity contribution in [2.24, 2.45) is 0 Å². The largest absolute Gasteiger partial charge is 0.480 e. The number of amides is 1. The number of nitrogens with one attached hydrogen (secondary N) is 1. The lowest BCUT2D eigenvalue weighted by atomic mass is 9.89. The van der Waals surface area contributed by atoms with Crippen LogP contribution in [-0.4, -0.2) is 77.1 Å². The van der Waals surface area contributed by atoms with Gasteiger partial charge in [-0.1, -0.05) is 60.7 Å². The van der Waals surface area contributed by atoms with Gasteiger partial charge in [0.15, 0.2) is 0 Å². The Kier molecular flexibility index (Phi) is 9.81. The highest BCUT2D eigenvalue weighted by atomic mass is 16.6. The van der Waals surface area contributed by atoms with Crippen LogP contribution in [0.5, 0.6) is 0 Å². The van der Waals surface area contributed by atoms with Crippen LogP contribution in [-0.2, 0) is 41.7 Å². The number of aliphatic hydroxyl groups is 1. The number of carbonyl (C=O) groups excluding carboxylic acids is 1. The van der Waals surface area contributed by atoms with Crippen molar-refractivity contribution in [3.05, 3.63) is 71.8 Å². The fraction of sp³-hybridized carbons (Fsp3) is 0.533. The van der Waals surface area contributed by atoms with Gasteiger partial charge in [-0.05, 0) is 31.9 Å². The molecule has 0 bridgehead atoms. The number of carboxylic acids is 1. The van der Waals surface area contributed by atoms with Crippen LogP contribution in [0.1, 0.15) is 44.7 Å². The number of hydrogen-bond donors (Lipinski definition) is 3. The van der Waals surface area contributed by atoms with Crippen molar-refractivity contribution in [1.82, 2.24) is 5.32 Å². The molecule has 1 amide bonds. The van der Waals surface area contributed by atoms with Crippen LogP contribution in [0.25, 0.3) is 0 Å². The van der Waals surface area contributed by atoms with Crippen molar-refractivity contribution < 1.29 is 43.5 Å². The molecule has 40 heavy (non-hydrogen) atoms. The molecule has 0 spiro atoms. The fourth-order valence-electron chi connectivity index (χ4n) is 5.06. The molecular formula is C30H39NO9. The van der Waals surface area contributed by atoms with E-state index in [0.717, 1.165) is 11.1 Å². The summed E-state index contributed by atoms with van der Waals surface area (Å²) < 4.78 is 30.4. The molecule has 2 aliphatic rings. The lowest BCUT2D eigenvalue weighted by Crippen LogP contribution is -2.54. The van der Waals surface area contributed by atoms with Crippen molar-refractivity contribution in [2.75, 3.05) is 13.2 Å². The van der Waals surface area contributed by atoms with Gasteiger partial charge < -0.3 is 39.2 Å². The smallest absolute Gasteiger partial charge is 0.408 e. The average molecular weight is 558 g/mol. The zero-order chi connectivity index (χ0) is 28.8. The first-order valence-electron chi connectivity index (χ1n) is 13.5. The summed E-state index contributed by atoms with van der Waals surface area (Å²) >= 11 is 0. The Hall–Kier alpha value is -3.02. The van der Waals surface area contributed by atoms with Crippen molar-refractivity contribution in [1.29, 1.82) is 0 Å². The molecule has 2 fully saturated rings. The molecule has 2 heterocycles. The monoisotopic (exact) mass is 557 g/mol. The number of rotatable bonds is 11. The Morgan fingerprint density at radius 3 is 2.17 bits per heavy atom. The van der Waals surface area contributed by atoms with Crippen LogP contribution in [0, 0.1) is 0 Å². The van der Waals surface area contributed by atoms with Crippen LogP contribution < -0.4 is 5.32 Å². The molecule has 218 valence electrons. The van der Waals surface area contributed by atoms with E-state index in [2.05, 4.69) is 5.32 Å². The van der Waals surface area contributed by atoms with Gasteiger partial charge in [-0.2, -0.15) is 0 Å². The lowest BCUT2D eigenvalue weighted by molar-refractivity contribution is -0.224. The van der Waals surface area contributed by atoms with E-state index in [9.17, 15) is 19.8 Å². The second-order valence-electron chi connectivity index (χ2n) is 11.3. The molecule has 6 atom stereocenters. The molecule has 3 N–H and O–H groups in total. The van der Waals surface area contributed by atoms with Crippen LogP contribution in [0.4, 0.5) is 4.79 Å². The number of ether oxygens (including phenoxy) is 5. The van der Waals surface area contributed by atoms with Crippen LogP contribution in [0.2, 0.25) is 0 Å². The molecule has 2 saturated heterocycles. The van der Waals surface area contributed by atoms with Gasteiger partial charge in [-0.3, -0.25) is 0 Å². The van der Waals surface area contributed by atoms with E-state index < -0.39 is 60.3 Å². The molecule has 4 rings (SSSR count). The summed E-state index contributed by atoms with van der Waals surface area (Å²) in [5, 5.41) is 22.7. The third kappa shape index (κ3) is 8.02. The number of fused-ring (bicyclic) bond motifs is 1. The van der Waals surface area contributed by atoms with Gasteiger partial charge in [-0.25, -0.2) is 9.59 Å². The van der Waals surface area contributed by atoms with Gasteiger partial charge in [0.2, 0.25) is 0 Å². The first-order chi connectivity index (χ1) is 19.1. The number of aliphatic carboxylic acids is 1. The molecule has 2 aromatic rings.